The molecule has 0 saturated carbocycles. The number of likely N-dealkylation sites (tertiary alicyclic amines) is 1. The predicted octanol–water partition coefficient (Wildman–Crippen LogP) is 3.42. The van der Waals surface area contributed by atoms with E-state index >= 15 is 0 Å². The van der Waals surface area contributed by atoms with E-state index in [4.69, 9.17) is 0 Å². The van der Waals surface area contributed by atoms with Gasteiger partial charge in [-0.2, -0.15) is 0 Å². The van der Waals surface area contributed by atoms with Crippen LogP contribution in [0.3, 0.4) is 0 Å². The molecule has 2 unspecified atom stereocenters. The van der Waals surface area contributed by atoms with E-state index in [1.165, 1.54) is 38.8 Å². The minimum Gasteiger partial charge on any atom is -0.312 e. The average molecular weight is 264 g/mol. The summed E-state index contributed by atoms with van der Waals surface area (Å²) in [6.45, 7) is 12.5. The van der Waals surface area contributed by atoms with Gasteiger partial charge < -0.3 is 5.32 Å². The minimum atomic E-state index is 0.284. The van der Waals surface area contributed by atoms with Gasteiger partial charge >= 0.3 is 0 Å². The quantitative estimate of drug-likeness (QED) is 0.709. The molecule has 2 heteroatoms. The molecule has 0 amide bonds. The van der Waals surface area contributed by atoms with Gasteiger partial charge in [-0.25, -0.2) is 0 Å². The summed E-state index contributed by atoms with van der Waals surface area (Å²) in [5.74, 6) is 6.25. The van der Waals surface area contributed by atoms with Gasteiger partial charge in [0, 0.05) is 18.0 Å². The van der Waals surface area contributed by atoms with Crippen molar-refractivity contribution < 1.29 is 0 Å². The average Bonchev–Trinajstić information content (AvgIpc) is 2.46. The molecule has 19 heavy (non-hydrogen) atoms. The van der Waals surface area contributed by atoms with Crippen LogP contribution in [0.5, 0.6) is 0 Å². The Kier molecular flexibility index (Phi) is 7.49. The summed E-state index contributed by atoms with van der Waals surface area (Å²) in [4.78, 5) is 2.73. The Labute approximate surface area is 120 Å². The molecule has 1 N–H and O–H groups in total. The predicted molar refractivity (Wildman–Crippen MR) is 84.3 cm³/mol. The number of rotatable bonds is 7. The van der Waals surface area contributed by atoms with Crippen LogP contribution in [0, 0.1) is 11.8 Å². The lowest BCUT2D eigenvalue weighted by Crippen LogP contribution is -2.60. The molecule has 0 radical (unpaired) electrons. The molecule has 0 aliphatic carbocycles. The van der Waals surface area contributed by atoms with Crippen LogP contribution in [0.4, 0.5) is 0 Å². The maximum absolute atomic E-state index is 3.72. The Bertz CT molecular complexity index is 296. The first kappa shape index (κ1) is 16.5. The van der Waals surface area contributed by atoms with Crippen molar-refractivity contribution >= 4 is 0 Å². The SMILES string of the molecule is CC#CCCC(NCC)C(C)(CC)N1CCCCC1. The first-order valence-corrected chi connectivity index (χ1v) is 8.07. The molecule has 1 heterocycles. The Morgan fingerprint density at radius 2 is 1.89 bits per heavy atom. The van der Waals surface area contributed by atoms with E-state index in [0.29, 0.717) is 6.04 Å². The number of likely N-dealkylation sites (N-methyl/N-ethyl adjacent to an activating group) is 1. The monoisotopic (exact) mass is 264 g/mol. The zero-order chi connectivity index (χ0) is 14.1. The minimum absolute atomic E-state index is 0.284. The molecule has 0 aromatic carbocycles. The first-order valence-electron chi connectivity index (χ1n) is 8.07. The van der Waals surface area contributed by atoms with Gasteiger partial charge in [-0.1, -0.05) is 20.3 Å². The van der Waals surface area contributed by atoms with Crippen molar-refractivity contribution in [2.75, 3.05) is 19.6 Å². The zero-order valence-corrected chi connectivity index (χ0v) is 13.4. The van der Waals surface area contributed by atoms with Crippen molar-refractivity contribution in [1.82, 2.24) is 10.2 Å². The zero-order valence-electron chi connectivity index (χ0n) is 13.4. The summed E-state index contributed by atoms with van der Waals surface area (Å²) in [7, 11) is 0. The van der Waals surface area contributed by atoms with Gasteiger partial charge in [-0.3, -0.25) is 4.90 Å². The van der Waals surface area contributed by atoms with Crippen molar-refractivity contribution in [1.29, 1.82) is 0 Å². The van der Waals surface area contributed by atoms with E-state index in [-0.39, 0.29) is 5.54 Å². The molecular formula is C17H32N2. The highest BCUT2D eigenvalue weighted by Gasteiger charge is 2.37. The van der Waals surface area contributed by atoms with Gasteiger partial charge in [0.1, 0.15) is 0 Å². The van der Waals surface area contributed by atoms with Gasteiger partial charge in [0.2, 0.25) is 0 Å². The summed E-state index contributed by atoms with van der Waals surface area (Å²) in [5.41, 5.74) is 0.284. The molecule has 1 aliphatic rings. The van der Waals surface area contributed by atoms with E-state index in [1.807, 2.05) is 6.92 Å². The molecule has 2 nitrogen and oxygen atoms in total. The van der Waals surface area contributed by atoms with E-state index in [2.05, 4.69) is 42.8 Å². The summed E-state index contributed by atoms with van der Waals surface area (Å²) >= 11 is 0. The Morgan fingerprint density at radius 3 is 2.42 bits per heavy atom. The fraction of sp³-hybridized carbons (Fsp3) is 0.882. The lowest BCUT2D eigenvalue weighted by molar-refractivity contribution is 0.0412. The van der Waals surface area contributed by atoms with Crippen molar-refractivity contribution in [2.45, 2.75) is 77.8 Å². The maximum atomic E-state index is 3.72. The number of hydrogen-bond donors (Lipinski definition) is 1. The van der Waals surface area contributed by atoms with Crippen LogP contribution in [0.2, 0.25) is 0 Å². The van der Waals surface area contributed by atoms with Crippen LogP contribution in [-0.4, -0.2) is 36.1 Å². The maximum Gasteiger partial charge on any atom is 0.0332 e. The third-order valence-electron chi connectivity index (χ3n) is 4.73. The van der Waals surface area contributed by atoms with Crippen LogP contribution in [-0.2, 0) is 0 Å². The van der Waals surface area contributed by atoms with E-state index in [0.717, 1.165) is 19.4 Å². The number of hydrogen-bond acceptors (Lipinski definition) is 2. The summed E-state index contributed by atoms with van der Waals surface area (Å²) in [6.07, 6.45) is 7.52. The standard InChI is InChI=1S/C17H32N2/c1-5-8-10-13-16(18-7-3)17(4,6-2)19-14-11-9-12-15-19/h16,18H,6-7,9-15H2,1-4H3. The molecule has 2 atom stereocenters. The Hall–Kier alpha value is -0.520. The number of piperidine rings is 1. The summed E-state index contributed by atoms with van der Waals surface area (Å²) in [6, 6.07) is 0.557. The van der Waals surface area contributed by atoms with Gasteiger partial charge in [0.05, 0.1) is 0 Å². The van der Waals surface area contributed by atoms with Crippen molar-refractivity contribution in [3.05, 3.63) is 0 Å². The van der Waals surface area contributed by atoms with Gasteiger partial charge in [0.15, 0.2) is 0 Å². The normalized spacial score (nSPS) is 21.3. The van der Waals surface area contributed by atoms with Crippen LogP contribution in [0.15, 0.2) is 0 Å². The third-order valence-corrected chi connectivity index (χ3v) is 4.73. The second-order valence-electron chi connectivity index (χ2n) is 5.83. The molecule has 0 aromatic rings. The molecule has 0 aromatic heterocycles. The number of nitrogens with zero attached hydrogens (tertiary/aromatic N) is 1. The Morgan fingerprint density at radius 1 is 1.21 bits per heavy atom. The van der Waals surface area contributed by atoms with Gasteiger partial charge in [-0.15, -0.1) is 11.8 Å². The second-order valence-corrected chi connectivity index (χ2v) is 5.83. The van der Waals surface area contributed by atoms with E-state index in [1.54, 1.807) is 0 Å². The lowest BCUT2D eigenvalue weighted by Gasteiger charge is -2.48. The van der Waals surface area contributed by atoms with Crippen LogP contribution in [0.25, 0.3) is 0 Å². The highest BCUT2D eigenvalue weighted by Crippen LogP contribution is 2.29. The van der Waals surface area contributed by atoms with Crippen LogP contribution < -0.4 is 5.32 Å². The number of nitrogens with one attached hydrogen (secondary N) is 1. The third kappa shape index (κ3) is 4.51. The Balaban J connectivity index is 2.74. The second kappa shape index (κ2) is 8.61. The van der Waals surface area contributed by atoms with Crippen LogP contribution >= 0.6 is 0 Å². The molecule has 110 valence electrons. The van der Waals surface area contributed by atoms with Crippen molar-refractivity contribution in [3.8, 4) is 11.8 Å². The first-order chi connectivity index (χ1) is 9.19. The fourth-order valence-corrected chi connectivity index (χ4v) is 3.32. The van der Waals surface area contributed by atoms with Gasteiger partial charge in [-0.05, 0) is 59.2 Å². The van der Waals surface area contributed by atoms with Crippen molar-refractivity contribution in [3.63, 3.8) is 0 Å². The lowest BCUT2D eigenvalue weighted by atomic mass is 9.83. The smallest absolute Gasteiger partial charge is 0.0332 e. The van der Waals surface area contributed by atoms with E-state index in [9.17, 15) is 0 Å². The summed E-state index contributed by atoms with van der Waals surface area (Å²) < 4.78 is 0. The fourth-order valence-electron chi connectivity index (χ4n) is 3.32. The van der Waals surface area contributed by atoms with Crippen molar-refractivity contribution in [2.24, 2.45) is 0 Å². The molecule has 0 spiro atoms. The topological polar surface area (TPSA) is 15.3 Å². The highest BCUT2D eigenvalue weighted by molar-refractivity contribution is 5.01. The molecule has 0 bridgehead atoms. The summed E-state index contributed by atoms with van der Waals surface area (Å²) in [5, 5.41) is 3.72. The molecule has 1 aliphatic heterocycles. The largest absolute Gasteiger partial charge is 0.312 e. The van der Waals surface area contributed by atoms with Crippen LogP contribution in [0.1, 0.15) is 66.2 Å². The highest BCUT2D eigenvalue weighted by atomic mass is 15.2. The molecular weight excluding hydrogens is 232 g/mol. The molecule has 1 fully saturated rings. The molecule has 1 saturated heterocycles. The van der Waals surface area contributed by atoms with E-state index < -0.39 is 0 Å². The van der Waals surface area contributed by atoms with Gasteiger partial charge in [0.25, 0.3) is 0 Å². The molecule has 1 rings (SSSR count).